The number of esters is 3. The van der Waals surface area contributed by atoms with Gasteiger partial charge in [-0.05, 0) is 103 Å². The zero-order valence-electron chi connectivity index (χ0n) is 40.9. The lowest BCUT2D eigenvalue weighted by atomic mass is 10.1. The van der Waals surface area contributed by atoms with Gasteiger partial charge in [-0.2, -0.15) is 0 Å². The van der Waals surface area contributed by atoms with Gasteiger partial charge < -0.3 is 14.2 Å². The highest BCUT2D eigenvalue weighted by molar-refractivity contribution is 5.71. The van der Waals surface area contributed by atoms with Crippen molar-refractivity contribution in [2.45, 2.75) is 264 Å². The third kappa shape index (κ3) is 48.1. The summed E-state index contributed by atoms with van der Waals surface area (Å²) >= 11 is 0. The Morgan fingerprint density at radius 3 is 1.03 bits per heavy atom. The Bertz CT molecular complexity index is 1130. The molecule has 0 aromatic heterocycles. The van der Waals surface area contributed by atoms with E-state index in [-0.39, 0.29) is 31.1 Å². The molecule has 0 spiro atoms. The smallest absolute Gasteiger partial charge is 0.306 e. The molecule has 0 heterocycles. The van der Waals surface area contributed by atoms with Crippen LogP contribution >= 0.6 is 0 Å². The molecule has 0 bridgehead atoms. The molecule has 0 radical (unpaired) electrons. The van der Waals surface area contributed by atoms with Crippen molar-refractivity contribution in [3.8, 4) is 0 Å². The van der Waals surface area contributed by atoms with E-state index in [9.17, 15) is 14.4 Å². The average Bonchev–Trinajstić information content (AvgIpc) is 3.27. The van der Waals surface area contributed by atoms with E-state index in [1.165, 1.54) is 122 Å². The minimum atomic E-state index is -0.786. The molecule has 0 saturated carbocycles. The largest absolute Gasteiger partial charge is 0.462 e. The number of carbonyl (C=O) groups excluding carboxylic acids is 3. The third-order valence-corrected chi connectivity index (χ3v) is 11.2. The molecule has 0 amide bonds. The van der Waals surface area contributed by atoms with E-state index in [0.717, 1.165) is 96.3 Å². The van der Waals surface area contributed by atoms with Gasteiger partial charge in [0.2, 0.25) is 0 Å². The van der Waals surface area contributed by atoms with Crippen molar-refractivity contribution < 1.29 is 28.6 Å². The lowest BCUT2D eigenvalue weighted by molar-refractivity contribution is -0.167. The van der Waals surface area contributed by atoms with Crippen LogP contribution < -0.4 is 0 Å². The van der Waals surface area contributed by atoms with Crippen molar-refractivity contribution in [2.75, 3.05) is 13.2 Å². The van der Waals surface area contributed by atoms with Crippen molar-refractivity contribution in [1.29, 1.82) is 0 Å². The summed E-state index contributed by atoms with van der Waals surface area (Å²) in [4.78, 5) is 38.0. The highest BCUT2D eigenvalue weighted by atomic mass is 16.6. The third-order valence-electron chi connectivity index (χ3n) is 11.2. The van der Waals surface area contributed by atoms with Crippen LogP contribution in [0.5, 0.6) is 0 Å². The Morgan fingerprint density at radius 1 is 0.339 bits per heavy atom. The maximum absolute atomic E-state index is 12.8. The van der Waals surface area contributed by atoms with Crippen LogP contribution in [0.15, 0.2) is 60.8 Å². The lowest BCUT2D eigenvalue weighted by Crippen LogP contribution is -2.30. The second-order valence-corrected chi connectivity index (χ2v) is 17.4. The summed E-state index contributed by atoms with van der Waals surface area (Å²) in [6, 6.07) is 0. The van der Waals surface area contributed by atoms with Crippen LogP contribution in [0.1, 0.15) is 258 Å². The Labute approximate surface area is 383 Å². The Kier molecular flexibility index (Phi) is 48.4. The topological polar surface area (TPSA) is 78.9 Å². The number of hydrogen-bond donors (Lipinski definition) is 0. The fourth-order valence-corrected chi connectivity index (χ4v) is 7.27. The molecule has 1 atom stereocenters. The van der Waals surface area contributed by atoms with Gasteiger partial charge in [0.1, 0.15) is 13.2 Å². The molecule has 0 aliphatic rings. The molecule has 0 rings (SSSR count). The zero-order valence-corrected chi connectivity index (χ0v) is 40.9. The standard InChI is InChI=1S/C56H98O6/c1-4-7-10-13-16-19-22-25-27-29-31-34-37-40-43-46-49-55(58)61-52-53(51-60-54(57)48-45-42-39-36-33-30-24-21-18-15-12-9-6-3)62-56(59)50-47-44-41-38-35-32-28-26-23-20-17-14-11-8-5-2/h7,10,16,19-20,23,25,27,30,33,53H,4-6,8-9,11-15,17-18,21-22,24,26,28-29,31-32,34-52H2,1-3H3/b10-7-,19-16-,23-20-,27-25-,33-30-. The van der Waals surface area contributed by atoms with E-state index >= 15 is 0 Å². The van der Waals surface area contributed by atoms with Gasteiger partial charge in [-0.1, -0.05) is 197 Å². The molecule has 0 fully saturated rings. The molecule has 62 heavy (non-hydrogen) atoms. The van der Waals surface area contributed by atoms with Gasteiger partial charge >= 0.3 is 17.9 Å². The number of rotatable bonds is 47. The van der Waals surface area contributed by atoms with Crippen molar-refractivity contribution in [3.63, 3.8) is 0 Å². The fourth-order valence-electron chi connectivity index (χ4n) is 7.27. The molecule has 1 unspecified atom stereocenters. The van der Waals surface area contributed by atoms with E-state index in [0.29, 0.717) is 19.3 Å². The van der Waals surface area contributed by atoms with Gasteiger partial charge in [0, 0.05) is 19.3 Å². The normalized spacial score (nSPS) is 12.5. The molecule has 0 aliphatic heterocycles. The number of allylic oxidation sites excluding steroid dienone is 10. The second kappa shape index (κ2) is 50.8. The minimum Gasteiger partial charge on any atom is -0.462 e. The van der Waals surface area contributed by atoms with Crippen molar-refractivity contribution in [1.82, 2.24) is 0 Å². The van der Waals surface area contributed by atoms with E-state index < -0.39 is 6.10 Å². The van der Waals surface area contributed by atoms with Crippen molar-refractivity contribution in [3.05, 3.63) is 60.8 Å². The molecule has 0 aliphatic carbocycles. The highest BCUT2D eigenvalue weighted by Gasteiger charge is 2.19. The Balaban J connectivity index is 4.42. The summed E-state index contributed by atoms with van der Waals surface area (Å²) in [7, 11) is 0. The maximum atomic E-state index is 12.8. The Hall–Kier alpha value is -2.89. The van der Waals surface area contributed by atoms with Gasteiger partial charge in [-0.3, -0.25) is 14.4 Å². The molecule has 6 heteroatoms. The number of hydrogen-bond acceptors (Lipinski definition) is 6. The van der Waals surface area contributed by atoms with Gasteiger partial charge in [0.25, 0.3) is 0 Å². The SMILES string of the molecule is CC/C=C\C/C=C\C/C=C\CCCCCCCCC(=O)OCC(COC(=O)CCCCC/C=C\CCCCCCCC)OC(=O)CCCCCCCCC/C=C\CCCCCC. The predicted octanol–water partition coefficient (Wildman–Crippen LogP) is 17.3. The molecule has 358 valence electrons. The van der Waals surface area contributed by atoms with E-state index in [2.05, 4.69) is 81.5 Å². The monoisotopic (exact) mass is 867 g/mol. The molecule has 0 saturated heterocycles. The van der Waals surface area contributed by atoms with E-state index in [4.69, 9.17) is 14.2 Å². The summed E-state index contributed by atoms with van der Waals surface area (Å²) < 4.78 is 16.8. The van der Waals surface area contributed by atoms with Gasteiger partial charge in [-0.15, -0.1) is 0 Å². The molecule has 6 nitrogen and oxygen atoms in total. The first-order valence-corrected chi connectivity index (χ1v) is 26.3. The van der Waals surface area contributed by atoms with Crippen LogP contribution in [-0.2, 0) is 28.6 Å². The molecule has 0 aromatic carbocycles. The van der Waals surface area contributed by atoms with Crippen molar-refractivity contribution >= 4 is 17.9 Å². The zero-order chi connectivity index (χ0) is 45.1. The predicted molar refractivity (Wildman–Crippen MR) is 265 cm³/mol. The summed E-state index contributed by atoms with van der Waals surface area (Å²) in [5.74, 6) is -0.915. The Morgan fingerprint density at radius 2 is 0.629 bits per heavy atom. The first kappa shape index (κ1) is 59.1. The molecular formula is C56H98O6. The molecule has 0 N–H and O–H groups in total. The number of carbonyl (C=O) groups is 3. The average molecular weight is 867 g/mol. The van der Waals surface area contributed by atoms with Crippen LogP contribution in [0.2, 0.25) is 0 Å². The molecule has 0 aromatic rings. The van der Waals surface area contributed by atoms with Gasteiger partial charge in [-0.25, -0.2) is 0 Å². The van der Waals surface area contributed by atoms with Gasteiger partial charge in [0.15, 0.2) is 6.10 Å². The highest BCUT2D eigenvalue weighted by Crippen LogP contribution is 2.14. The van der Waals surface area contributed by atoms with E-state index in [1.54, 1.807) is 0 Å². The quantitative estimate of drug-likeness (QED) is 0.0262. The van der Waals surface area contributed by atoms with E-state index in [1.807, 2.05) is 0 Å². The summed E-state index contributed by atoms with van der Waals surface area (Å²) in [6.07, 6.45) is 62.0. The van der Waals surface area contributed by atoms with Crippen LogP contribution in [0.4, 0.5) is 0 Å². The van der Waals surface area contributed by atoms with Crippen LogP contribution in [0.3, 0.4) is 0 Å². The number of ether oxygens (including phenoxy) is 3. The first-order chi connectivity index (χ1) is 30.5. The molecular weight excluding hydrogens is 769 g/mol. The first-order valence-electron chi connectivity index (χ1n) is 26.3. The summed E-state index contributed by atoms with van der Waals surface area (Å²) in [5, 5.41) is 0. The lowest BCUT2D eigenvalue weighted by Gasteiger charge is -2.18. The summed E-state index contributed by atoms with van der Waals surface area (Å²) in [5.41, 5.74) is 0. The van der Waals surface area contributed by atoms with Crippen molar-refractivity contribution in [2.24, 2.45) is 0 Å². The maximum Gasteiger partial charge on any atom is 0.306 e. The van der Waals surface area contributed by atoms with Gasteiger partial charge in [0.05, 0.1) is 0 Å². The number of unbranched alkanes of at least 4 members (excludes halogenated alkanes) is 26. The van der Waals surface area contributed by atoms with Crippen LogP contribution in [-0.4, -0.2) is 37.2 Å². The van der Waals surface area contributed by atoms with Crippen LogP contribution in [0, 0.1) is 0 Å². The van der Waals surface area contributed by atoms with Crippen LogP contribution in [0.25, 0.3) is 0 Å². The summed E-state index contributed by atoms with van der Waals surface area (Å²) in [6.45, 7) is 6.49. The second-order valence-electron chi connectivity index (χ2n) is 17.4. The fraction of sp³-hybridized carbons (Fsp3) is 0.768. The minimum absolute atomic E-state index is 0.0871.